The van der Waals surface area contributed by atoms with Gasteiger partial charge < -0.3 is 4.57 Å². The summed E-state index contributed by atoms with van der Waals surface area (Å²) in [6.07, 6.45) is 6.10. The molecule has 5 heteroatoms. The van der Waals surface area contributed by atoms with Crippen molar-refractivity contribution in [2.45, 2.75) is 12.8 Å². The minimum atomic E-state index is -0.0569. The molecule has 17 heavy (non-hydrogen) atoms. The fraction of sp³-hybridized carbons (Fsp3) is 0.250. The summed E-state index contributed by atoms with van der Waals surface area (Å²) in [7, 11) is 1.90. The molecule has 0 saturated heterocycles. The molecule has 0 fully saturated rings. The van der Waals surface area contributed by atoms with Crippen molar-refractivity contribution < 1.29 is 4.79 Å². The zero-order chi connectivity index (χ0) is 12.3. The largest absolute Gasteiger partial charge is 0.338 e. The normalized spacial score (nSPS) is 10.5. The summed E-state index contributed by atoms with van der Waals surface area (Å²) in [5.41, 5.74) is 0.336. The number of halogens is 1. The van der Waals surface area contributed by atoms with E-state index in [1.54, 1.807) is 24.5 Å². The average molecular weight is 250 g/mol. The molecule has 2 aromatic heterocycles. The van der Waals surface area contributed by atoms with Gasteiger partial charge in [0.2, 0.25) is 0 Å². The number of imidazole rings is 1. The Morgan fingerprint density at radius 2 is 2.24 bits per heavy atom. The van der Waals surface area contributed by atoms with Crippen molar-refractivity contribution in [2.24, 2.45) is 7.05 Å². The first-order valence-corrected chi connectivity index (χ1v) is 5.66. The van der Waals surface area contributed by atoms with E-state index in [0.717, 1.165) is 5.82 Å². The molecule has 2 aromatic rings. The Morgan fingerprint density at radius 3 is 2.88 bits per heavy atom. The lowest BCUT2D eigenvalue weighted by atomic mass is 10.1. The van der Waals surface area contributed by atoms with Crippen LogP contribution in [0, 0.1) is 0 Å². The zero-order valence-corrected chi connectivity index (χ0v) is 10.2. The molecule has 0 spiro atoms. The van der Waals surface area contributed by atoms with E-state index in [1.807, 2.05) is 17.8 Å². The highest BCUT2D eigenvalue weighted by Gasteiger charge is 2.12. The van der Waals surface area contributed by atoms with Crippen molar-refractivity contribution >= 4 is 17.4 Å². The van der Waals surface area contributed by atoms with E-state index in [-0.39, 0.29) is 5.78 Å². The van der Waals surface area contributed by atoms with Gasteiger partial charge in [0, 0.05) is 38.5 Å². The molecular formula is C12H12ClN3O. The second kappa shape index (κ2) is 5.10. The van der Waals surface area contributed by atoms with E-state index < -0.39 is 0 Å². The third-order valence-corrected chi connectivity index (χ3v) is 2.82. The highest BCUT2D eigenvalue weighted by atomic mass is 35.5. The Bertz CT molecular complexity index is 536. The first-order chi connectivity index (χ1) is 8.18. The van der Waals surface area contributed by atoms with E-state index in [2.05, 4.69) is 9.97 Å². The van der Waals surface area contributed by atoms with Crippen LogP contribution in [-0.2, 0) is 13.5 Å². The molecule has 0 amide bonds. The molecule has 4 nitrogen and oxygen atoms in total. The van der Waals surface area contributed by atoms with E-state index in [0.29, 0.717) is 23.6 Å². The molecule has 0 unspecified atom stereocenters. The summed E-state index contributed by atoms with van der Waals surface area (Å²) in [6, 6.07) is 3.38. The number of pyridine rings is 1. The molecule has 0 aliphatic heterocycles. The number of nitrogens with zero attached hydrogens (tertiary/aromatic N) is 3. The maximum absolute atomic E-state index is 11.9. The van der Waals surface area contributed by atoms with Gasteiger partial charge in [-0.2, -0.15) is 0 Å². The molecule has 0 atom stereocenters. The summed E-state index contributed by atoms with van der Waals surface area (Å²) in [4.78, 5) is 20.0. The van der Waals surface area contributed by atoms with Gasteiger partial charge in [0.05, 0.1) is 5.02 Å². The third-order valence-electron chi connectivity index (χ3n) is 2.52. The lowest BCUT2D eigenvalue weighted by Gasteiger charge is -2.02. The second-order valence-electron chi connectivity index (χ2n) is 3.71. The Hall–Kier alpha value is -1.68. The number of carbonyl (C=O) groups excluding carboxylic acids is 1. The van der Waals surface area contributed by atoms with Gasteiger partial charge in [-0.25, -0.2) is 4.98 Å². The lowest BCUT2D eigenvalue weighted by Crippen LogP contribution is -2.07. The smallest absolute Gasteiger partial charge is 0.183 e. The Morgan fingerprint density at radius 1 is 1.41 bits per heavy atom. The molecule has 0 aromatic carbocycles. The molecule has 0 radical (unpaired) electrons. The van der Waals surface area contributed by atoms with E-state index >= 15 is 0 Å². The van der Waals surface area contributed by atoms with Crippen molar-refractivity contribution in [1.82, 2.24) is 14.5 Å². The maximum atomic E-state index is 11.9. The highest BCUT2D eigenvalue weighted by Crippen LogP contribution is 2.14. The van der Waals surface area contributed by atoms with Gasteiger partial charge in [0.1, 0.15) is 11.5 Å². The molecule has 88 valence electrons. The quantitative estimate of drug-likeness (QED) is 0.781. The summed E-state index contributed by atoms with van der Waals surface area (Å²) in [5, 5.41) is 0.400. The van der Waals surface area contributed by atoms with Crippen molar-refractivity contribution in [3.05, 3.63) is 47.3 Å². The van der Waals surface area contributed by atoms with Crippen LogP contribution in [0.15, 0.2) is 30.7 Å². The minimum absolute atomic E-state index is 0.0569. The van der Waals surface area contributed by atoms with Crippen LogP contribution < -0.4 is 0 Å². The Balaban J connectivity index is 2.04. The monoisotopic (exact) mass is 249 g/mol. The first kappa shape index (κ1) is 11.8. The molecule has 0 bridgehead atoms. The van der Waals surface area contributed by atoms with E-state index in [9.17, 15) is 4.79 Å². The van der Waals surface area contributed by atoms with Crippen molar-refractivity contribution in [1.29, 1.82) is 0 Å². The number of ketones is 1. The third kappa shape index (κ3) is 2.71. The summed E-state index contributed by atoms with van der Waals surface area (Å²) in [6.45, 7) is 0. The minimum Gasteiger partial charge on any atom is -0.338 e. The van der Waals surface area contributed by atoms with Gasteiger partial charge in [0.25, 0.3) is 0 Å². The average Bonchev–Trinajstić information content (AvgIpc) is 2.72. The SMILES string of the molecule is Cn1ccnc1CCC(=O)c1ncccc1Cl. The van der Waals surface area contributed by atoms with E-state index in [4.69, 9.17) is 11.6 Å². The number of hydrogen-bond donors (Lipinski definition) is 0. The number of hydrogen-bond acceptors (Lipinski definition) is 3. The number of rotatable bonds is 4. The standard InChI is InChI=1S/C12H12ClN3O/c1-16-8-7-14-11(16)5-4-10(17)12-9(13)3-2-6-15-12/h2-3,6-8H,4-5H2,1H3. The molecule has 0 aliphatic rings. The lowest BCUT2D eigenvalue weighted by molar-refractivity contribution is 0.0977. The Kier molecular flexibility index (Phi) is 3.54. The van der Waals surface area contributed by atoms with Crippen LogP contribution >= 0.6 is 11.6 Å². The van der Waals surface area contributed by atoms with Gasteiger partial charge in [-0.3, -0.25) is 9.78 Å². The molecule has 0 saturated carbocycles. The fourth-order valence-corrected chi connectivity index (χ4v) is 1.80. The van der Waals surface area contributed by atoms with Crippen LogP contribution in [0.1, 0.15) is 22.7 Å². The molecule has 2 rings (SSSR count). The maximum Gasteiger partial charge on any atom is 0.183 e. The number of aromatic nitrogens is 3. The van der Waals surface area contributed by atoms with Gasteiger partial charge in [-0.15, -0.1) is 0 Å². The Labute approximate surface area is 104 Å². The predicted molar refractivity (Wildman–Crippen MR) is 65.1 cm³/mol. The van der Waals surface area contributed by atoms with Crippen LogP contribution in [0.2, 0.25) is 5.02 Å². The second-order valence-corrected chi connectivity index (χ2v) is 4.12. The molecule has 0 aliphatic carbocycles. The number of aryl methyl sites for hydroxylation is 2. The van der Waals surface area contributed by atoms with Crippen LogP contribution in [0.5, 0.6) is 0 Å². The fourth-order valence-electron chi connectivity index (χ4n) is 1.57. The number of Topliss-reactive ketones (excluding diaryl/α,β-unsaturated/α-hetero) is 1. The predicted octanol–water partition coefficient (Wildman–Crippen LogP) is 2.28. The van der Waals surface area contributed by atoms with Crippen LogP contribution in [-0.4, -0.2) is 20.3 Å². The van der Waals surface area contributed by atoms with Gasteiger partial charge in [-0.05, 0) is 12.1 Å². The van der Waals surface area contributed by atoms with E-state index in [1.165, 1.54) is 0 Å². The van der Waals surface area contributed by atoms with Gasteiger partial charge in [0.15, 0.2) is 5.78 Å². The first-order valence-electron chi connectivity index (χ1n) is 5.28. The topological polar surface area (TPSA) is 47.8 Å². The number of carbonyl (C=O) groups is 1. The van der Waals surface area contributed by atoms with Crippen molar-refractivity contribution in [2.75, 3.05) is 0 Å². The molecule has 0 N–H and O–H groups in total. The summed E-state index contributed by atoms with van der Waals surface area (Å²) in [5.74, 6) is 0.823. The molecule has 2 heterocycles. The highest BCUT2D eigenvalue weighted by molar-refractivity contribution is 6.33. The van der Waals surface area contributed by atoms with Crippen molar-refractivity contribution in [3.8, 4) is 0 Å². The van der Waals surface area contributed by atoms with Crippen LogP contribution in [0.25, 0.3) is 0 Å². The molecular weight excluding hydrogens is 238 g/mol. The summed E-state index contributed by atoms with van der Waals surface area (Å²) < 4.78 is 1.90. The van der Waals surface area contributed by atoms with Crippen molar-refractivity contribution in [3.63, 3.8) is 0 Å². The van der Waals surface area contributed by atoms with Crippen LogP contribution in [0.4, 0.5) is 0 Å². The van der Waals surface area contributed by atoms with Gasteiger partial charge >= 0.3 is 0 Å². The van der Waals surface area contributed by atoms with Gasteiger partial charge in [-0.1, -0.05) is 11.6 Å². The van der Waals surface area contributed by atoms with Crippen LogP contribution in [0.3, 0.4) is 0 Å². The zero-order valence-electron chi connectivity index (χ0n) is 9.43. The summed E-state index contributed by atoms with van der Waals surface area (Å²) >= 11 is 5.91.